The lowest BCUT2D eigenvalue weighted by atomic mass is 9.93. The average Bonchev–Trinajstić information content (AvgIpc) is 3.32. The predicted octanol–water partition coefficient (Wildman–Crippen LogP) is 2.88. The largest absolute Gasteiger partial charge is 0.472 e. The fourth-order valence-electron chi connectivity index (χ4n) is 5.00. The highest BCUT2D eigenvalue weighted by Crippen LogP contribution is 2.51. The number of morpholine rings is 1. The molecule has 3 aliphatic rings. The molecule has 0 radical (unpaired) electrons. The van der Waals surface area contributed by atoms with Crippen molar-refractivity contribution in [3.8, 4) is 0 Å². The quantitative estimate of drug-likeness (QED) is 0.868. The molecule has 1 aromatic heterocycles. The lowest BCUT2D eigenvalue weighted by molar-refractivity contribution is 0.00470. The highest BCUT2D eigenvalue weighted by molar-refractivity contribution is 5.41. The molecular weight excluding hydrogens is 300 g/mol. The molecule has 0 amide bonds. The molecule has 0 bridgehead atoms. The summed E-state index contributed by atoms with van der Waals surface area (Å²) in [6.45, 7) is 7.19. The van der Waals surface area contributed by atoms with Gasteiger partial charge in [-0.2, -0.15) is 0 Å². The molecule has 0 spiro atoms. The van der Waals surface area contributed by atoms with Crippen LogP contribution in [0.25, 0.3) is 0 Å². The SMILES string of the molecule is c1ccc2c(c1)[C@@H]1CN(Cc3ccoc3)C[C@@H]1[C@H]2N1CCOCC1. The van der Waals surface area contributed by atoms with Crippen LogP contribution in [0.1, 0.15) is 28.7 Å². The highest BCUT2D eigenvalue weighted by Gasteiger charge is 2.48. The van der Waals surface area contributed by atoms with Gasteiger partial charge >= 0.3 is 0 Å². The van der Waals surface area contributed by atoms with Crippen molar-refractivity contribution in [2.24, 2.45) is 5.92 Å². The van der Waals surface area contributed by atoms with Crippen LogP contribution < -0.4 is 0 Å². The summed E-state index contributed by atoms with van der Waals surface area (Å²) in [5.74, 6) is 1.37. The number of fused-ring (bicyclic) bond motifs is 3. The zero-order valence-corrected chi connectivity index (χ0v) is 13.9. The fourth-order valence-corrected chi connectivity index (χ4v) is 5.00. The molecule has 126 valence electrons. The molecule has 24 heavy (non-hydrogen) atoms. The molecule has 0 unspecified atom stereocenters. The van der Waals surface area contributed by atoms with Crippen LogP contribution in [0.3, 0.4) is 0 Å². The van der Waals surface area contributed by atoms with E-state index in [-0.39, 0.29) is 0 Å². The lowest BCUT2D eigenvalue weighted by Crippen LogP contribution is -2.41. The Balaban J connectivity index is 1.42. The monoisotopic (exact) mass is 324 g/mol. The molecule has 4 nitrogen and oxygen atoms in total. The lowest BCUT2D eigenvalue weighted by Gasteiger charge is -2.36. The van der Waals surface area contributed by atoms with Crippen molar-refractivity contribution >= 4 is 0 Å². The van der Waals surface area contributed by atoms with E-state index in [2.05, 4.69) is 40.1 Å². The maximum absolute atomic E-state index is 5.59. The number of benzene rings is 1. The molecule has 1 aliphatic carbocycles. The highest BCUT2D eigenvalue weighted by atomic mass is 16.5. The Morgan fingerprint density at radius 1 is 1.00 bits per heavy atom. The predicted molar refractivity (Wildman–Crippen MR) is 91.8 cm³/mol. The number of nitrogens with zero attached hydrogens (tertiary/aromatic N) is 2. The van der Waals surface area contributed by atoms with Gasteiger partial charge in [-0.05, 0) is 23.1 Å². The average molecular weight is 324 g/mol. The fraction of sp³-hybridized carbons (Fsp3) is 0.500. The van der Waals surface area contributed by atoms with Crippen LogP contribution >= 0.6 is 0 Å². The van der Waals surface area contributed by atoms with Crippen molar-refractivity contribution in [1.82, 2.24) is 9.80 Å². The molecule has 2 fully saturated rings. The Bertz CT molecular complexity index is 693. The van der Waals surface area contributed by atoms with Crippen molar-refractivity contribution in [1.29, 1.82) is 0 Å². The van der Waals surface area contributed by atoms with Crippen molar-refractivity contribution in [2.75, 3.05) is 39.4 Å². The molecule has 4 heteroatoms. The normalized spacial score (nSPS) is 30.4. The Labute approximate surface area is 143 Å². The molecule has 5 rings (SSSR count). The molecule has 0 saturated carbocycles. The van der Waals surface area contributed by atoms with Crippen molar-refractivity contribution in [3.05, 3.63) is 59.5 Å². The van der Waals surface area contributed by atoms with Crippen LogP contribution in [-0.2, 0) is 11.3 Å². The molecular formula is C20H24N2O2. The summed E-state index contributed by atoms with van der Waals surface area (Å²) in [5.41, 5.74) is 4.43. The minimum atomic E-state index is 0.560. The number of furan rings is 1. The number of hydrogen-bond acceptors (Lipinski definition) is 4. The Hall–Kier alpha value is -1.62. The molecule has 1 aromatic carbocycles. The van der Waals surface area contributed by atoms with Crippen LogP contribution in [0, 0.1) is 5.92 Å². The summed E-state index contributed by atoms with van der Waals surface area (Å²) in [4.78, 5) is 5.26. The van der Waals surface area contributed by atoms with Crippen molar-refractivity contribution < 1.29 is 9.15 Å². The minimum absolute atomic E-state index is 0.560. The molecule has 3 atom stereocenters. The number of rotatable bonds is 3. The van der Waals surface area contributed by atoms with Gasteiger partial charge in [-0.15, -0.1) is 0 Å². The third kappa shape index (κ3) is 2.41. The van der Waals surface area contributed by atoms with Gasteiger partial charge in [-0.3, -0.25) is 9.80 Å². The van der Waals surface area contributed by atoms with Crippen molar-refractivity contribution in [2.45, 2.75) is 18.5 Å². The summed E-state index contributed by atoms with van der Waals surface area (Å²) < 4.78 is 10.8. The standard InChI is InChI=1S/C20H24N2O2/c1-2-4-17-16(3-1)18-12-21(11-15-5-8-24-14-15)13-19(18)20(17)22-6-9-23-10-7-22/h1-5,8,14,18-20H,6-7,9-13H2/t18-,19-,20-/m0/s1. The number of likely N-dealkylation sites (tertiary alicyclic amines) is 1. The van der Waals surface area contributed by atoms with Gasteiger partial charge in [-0.25, -0.2) is 0 Å². The van der Waals surface area contributed by atoms with Gasteiger partial charge in [0.05, 0.1) is 25.7 Å². The summed E-state index contributed by atoms with van der Waals surface area (Å²) in [5, 5.41) is 0. The maximum Gasteiger partial charge on any atom is 0.0947 e. The van der Waals surface area contributed by atoms with Gasteiger partial charge in [-0.1, -0.05) is 24.3 Å². The molecule has 2 aliphatic heterocycles. The second kappa shape index (κ2) is 6.03. The second-order valence-electron chi connectivity index (χ2n) is 7.32. The zero-order chi connectivity index (χ0) is 15.9. The van der Waals surface area contributed by atoms with Gasteiger partial charge in [0.25, 0.3) is 0 Å². The molecule has 0 N–H and O–H groups in total. The number of hydrogen-bond donors (Lipinski definition) is 0. The van der Waals surface area contributed by atoms with E-state index in [0.717, 1.165) is 39.4 Å². The smallest absolute Gasteiger partial charge is 0.0947 e. The van der Waals surface area contributed by atoms with Crippen LogP contribution in [0.15, 0.2) is 47.3 Å². The van der Waals surface area contributed by atoms with E-state index >= 15 is 0 Å². The first-order valence-electron chi connectivity index (χ1n) is 9.04. The van der Waals surface area contributed by atoms with Gasteiger partial charge < -0.3 is 9.15 Å². The zero-order valence-electron chi connectivity index (χ0n) is 13.9. The first-order chi connectivity index (χ1) is 11.9. The van der Waals surface area contributed by atoms with E-state index in [9.17, 15) is 0 Å². The molecule has 2 saturated heterocycles. The third-order valence-corrected chi connectivity index (χ3v) is 5.99. The van der Waals surface area contributed by atoms with E-state index < -0.39 is 0 Å². The third-order valence-electron chi connectivity index (χ3n) is 5.99. The van der Waals surface area contributed by atoms with Gasteiger partial charge in [0, 0.05) is 50.2 Å². The first kappa shape index (κ1) is 14.7. The van der Waals surface area contributed by atoms with Crippen LogP contribution in [0.5, 0.6) is 0 Å². The Morgan fingerprint density at radius 3 is 2.62 bits per heavy atom. The Kier molecular flexibility index (Phi) is 3.69. The number of ether oxygens (including phenoxy) is 1. The van der Waals surface area contributed by atoms with E-state index in [1.54, 1.807) is 17.4 Å². The van der Waals surface area contributed by atoms with E-state index in [1.807, 2.05) is 6.26 Å². The van der Waals surface area contributed by atoms with Crippen LogP contribution in [0.4, 0.5) is 0 Å². The summed E-state index contributed by atoms with van der Waals surface area (Å²) in [6, 6.07) is 11.8. The maximum atomic E-state index is 5.59. The van der Waals surface area contributed by atoms with Gasteiger partial charge in [0.15, 0.2) is 0 Å². The summed E-state index contributed by atoms with van der Waals surface area (Å²) in [6.07, 6.45) is 3.65. The molecule has 3 heterocycles. The summed E-state index contributed by atoms with van der Waals surface area (Å²) in [7, 11) is 0. The Morgan fingerprint density at radius 2 is 1.83 bits per heavy atom. The van der Waals surface area contributed by atoms with Gasteiger partial charge in [0.1, 0.15) is 0 Å². The first-order valence-corrected chi connectivity index (χ1v) is 9.04. The van der Waals surface area contributed by atoms with Gasteiger partial charge in [0.2, 0.25) is 0 Å². The second-order valence-corrected chi connectivity index (χ2v) is 7.32. The van der Waals surface area contributed by atoms with E-state index in [1.165, 1.54) is 12.1 Å². The van der Waals surface area contributed by atoms with Crippen LogP contribution in [0.2, 0.25) is 0 Å². The van der Waals surface area contributed by atoms with Crippen LogP contribution in [-0.4, -0.2) is 49.2 Å². The topological polar surface area (TPSA) is 28.9 Å². The van der Waals surface area contributed by atoms with E-state index in [0.29, 0.717) is 17.9 Å². The van der Waals surface area contributed by atoms with Crippen molar-refractivity contribution in [3.63, 3.8) is 0 Å². The molecule has 2 aromatic rings. The minimum Gasteiger partial charge on any atom is -0.472 e. The summed E-state index contributed by atoms with van der Waals surface area (Å²) >= 11 is 0. The van der Waals surface area contributed by atoms with E-state index in [4.69, 9.17) is 9.15 Å².